The molecule has 3 rings (SSSR count). The Kier molecular flexibility index (Phi) is 8.63. The van der Waals surface area contributed by atoms with Crippen LogP contribution in [0.2, 0.25) is 5.02 Å². The van der Waals surface area contributed by atoms with Gasteiger partial charge < -0.3 is 15.4 Å². The molecule has 0 spiro atoms. The van der Waals surface area contributed by atoms with Gasteiger partial charge in [-0.05, 0) is 36.6 Å². The topological polar surface area (TPSA) is 114 Å². The SMILES string of the molecule is O=C(CCNC(=O)c1ccc(Cl)c(S(=O)(=O)NCC2CCCO2)c1)NCc1ccccc1. The fraction of sp³-hybridized carbons (Fsp3) is 0.364. The zero-order chi connectivity index (χ0) is 23.0. The minimum atomic E-state index is -3.91. The van der Waals surface area contributed by atoms with Crippen LogP contribution in [0.15, 0.2) is 53.4 Å². The molecular weight excluding hydrogens is 454 g/mol. The fourth-order valence-corrected chi connectivity index (χ4v) is 4.80. The summed E-state index contributed by atoms with van der Waals surface area (Å²) >= 11 is 6.08. The number of rotatable bonds is 10. The van der Waals surface area contributed by atoms with E-state index in [0.29, 0.717) is 13.2 Å². The van der Waals surface area contributed by atoms with E-state index in [1.165, 1.54) is 18.2 Å². The third-order valence-corrected chi connectivity index (χ3v) is 6.88. The normalized spacial score (nSPS) is 16.0. The number of carbonyl (C=O) groups excluding carboxylic acids is 2. The van der Waals surface area contributed by atoms with Gasteiger partial charge in [0.25, 0.3) is 5.91 Å². The van der Waals surface area contributed by atoms with Gasteiger partial charge in [-0.15, -0.1) is 0 Å². The average Bonchev–Trinajstić information content (AvgIpc) is 3.31. The maximum absolute atomic E-state index is 12.6. The molecule has 3 N–H and O–H groups in total. The van der Waals surface area contributed by atoms with Crippen LogP contribution in [0.4, 0.5) is 0 Å². The second-order valence-corrected chi connectivity index (χ2v) is 9.54. The van der Waals surface area contributed by atoms with E-state index in [1.54, 1.807) is 0 Å². The van der Waals surface area contributed by atoms with Crippen molar-refractivity contribution in [3.05, 3.63) is 64.7 Å². The molecule has 2 aromatic rings. The molecule has 1 aliphatic rings. The van der Waals surface area contributed by atoms with E-state index in [2.05, 4.69) is 15.4 Å². The van der Waals surface area contributed by atoms with Gasteiger partial charge in [-0.1, -0.05) is 41.9 Å². The van der Waals surface area contributed by atoms with Crippen molar-refractivity contribution in [2.24, 2.45) is 0 Å². The summed E-state index contributed by atoms with van der Waals surface area (Å²) in [5.74, 6) is -0.694. The Morgan fingerprint density at radius 3 is 2.59 bits per heavy atom. The second-order valence-electron chi connectivity index (χ2n) is 7.40. The molecule has 0 bridgehead atoms. The van der Waals surface area contributed by atoms with E-state index < -0.39 is 15.9 Å². The van der Waals surface area contributed by atoms with Crippen LogP contribution < -0.4 is 15.4 Å². The van der Waals surface area contributed by atoms with Crippen LogP contribution in [-0.2, 0) is 26.1 Å². The predicted molar refractivity (Wildman–Crippen MR) is 121 cm³/mol. The molecule has 0 radical (unpaired) electrons. The first-order valence-corrected chi connectivity index (χ1v) is 12.2. The number of hydrogen-bond acceptors (Lipinski definition) is 5. The van der Waals surface area contributed by atoms with Gasteiger partial charge in [0, 0.05) is 38.2 Å². The van der Waals surface area contributed by atoms with Gasteiger partial charge in [0.15, 0.2) is 0 Å². The van der Waals surface area contributed by atoms with Crippen LogP contribution in [-0.4, -0.2) is 46.0 Å². The van der Waals surface area contributed by atoms with Crippen LogP contribution in [0.3, 0.4) is 0 Å². The van der Waals surface area contributed by atoms with Gasteiger partial charge in [-0.2, -0.15) is 0 Å². The zero-order valence-electron chi connectivity index (χ0n) is 17.5. The molecule has 0 saturated carbocycles. The molecule has 0 aromatic heterocycles. The lowest BCUT2D eigenvalue weighted by atomic mass is 10.2. The molecule has 2 aromatic carbocycles. The molecular formula is C22H26ClN3O5S. The molecule has 2 amide bonds. The lowest BCUT2D eigenvalue weighted by Crippen LogP contribution is -2.32. The average molecular weight is 480 g/mol. The van der Waals surface area contributed by atoms with E-state index in [1.807, 2.05) is 30.3 Å². The number of carbonyl (C=O) groups is 2. The highest BCUT2D eigenvalue weighted by Gasteiger charge is 2.23. The highest BCUT2D eigenvalue weighted by atomic mass is 35.5. The molecule has 1 heterocycles. The van der Waals surface area contributed by atoms with Gasteiger partial charge in [-0.3, -0.25) is 9.59 Å². The molecule has 1 fully saturated rings. The highest BCUT2D eigenvalue weighted by molar-refractivity contribution is 7.89. The Morgan fingerprint density at radius 1 is 1.09 bits per heavy atom. The Balaban J connectivity index is 1.51. The second kappa shape index (κ2) is 11.4. The van der Waals surface area contributed by atoms with Crippen molar-refractivity contribution < 1.29 is 22.7 Å². The molecule has 1 saturated heterocycles. The third kappa shape index (κ3) is 7.03. The number of amides is 2. The summed E-state index contributed by atoms with van der Waals surface area (Å²) in [5.41, 5.74) is 1.12. The molecule has 10 heteroatoms. The Bertz CT molecular complexity index is 1040. The van der Waals surface area contributed by atoms with Crippen LogP contribution >= 0.6 is 11.6 Å². The molecule has 32 heavy (non-hydrogen) atoms. The fourth-order valence-electron chi connectivity index (χ4n) is 3.21. The number of nitrogens with one attached hydrogen (secondary N) is 3. The number of ether oxygens (including phenoxy) is 1. The van der Waals surface area contributed by atoms with Crippen LogP contribution in [0, 0.1) is 0 Å². The van der Waals surface area contributed by atoms with Gasteiger partial charge in [0.05, 0.1) is 11.1 Å². The molecule has 1 unspecified atom stereocenters. The van der Waals surface area contributed by atoms with Gasteiger partial charge in [0.1, 0.15) is 4.90 Å². The van der Waals surface area contributed by atoms with Gasteiger partial charge in [0.2, 0.25) is 15.9 Å². The summed E-state index contributed by atoms with van der Waals surface area (Å²) < 4.78 is 33.2. The lowest BCUT2D eigenvalue weighted by molar-refractivity contribution is -0.121. The van der Waals surface area contributed by atoms with Crippen LogP contribution in [0.5, 0.6) is 0 Å². The number of hydrogen-bond donors (Lipinski definition) is 3. The first-order chi connectivity index (χ1) is 15.3. The summed E-state index contributed by atoms with van der Waals surface area (Å²) in [6.07, 6.45) is 1.62. The zero-order valence-corrected chi connectivity index (χ0v) is 19.0. The van der Waals surface area contributed by atoms with Crippen molar-refractivity contribution in [1.82, 2.24) is 15.4 Å². The number of benzene rings is 2. The van der Waals surface area contributed by atoms with Crippen molar-refractivity contribution in [1.29, 1.82) is 0 Å². The summed E-state index contributed by atoms with van der Waals surface area (Å²) in [7, 11) is -3.91. The standard InChI is InChI=1S/C22H26ClN3O5S/c23-19-9-8-17(13-20(19)32(29,30)26-15-18-7-4-12-31-18)22(28)24-11-10-21(27)25-14-16-5-2-1-3-6-16/h1-3,5-6,8-9,13,18,26H,4,7,10-12,14-15H2,(H,24,28)(H,25,27). The molecule has 1 atom stereocenters. The first-order valence-electron chi connectivity index (χ1n) is 10.3. The largest absolute Gasteiger partial charge is 0.377 e. The summed E-state index contributed by atoms with van der Waals surface area (Å²) in [6.45, 7) is 1.28. The van der Waals surface area contributed by atoms with Crippen LogP contribution in [0.25, 0.3) is 0 Å². The summed E-state index contributed by atoms with van der Waals surface area (Å²) in [5, 5.41) is 5.42. The lowest BCUT2D eigenvalue weighted by Gasteiger charge is -2.13. The van der Waals surface area contributed by atoms with E-state index >= 15 is 0 Å². The highest BCUT2D eigenvalue weighted by Crippen LogP contribution is 2.23. The van der Waals surface area contributed by atoms with Crippen LogP contribution in [0.1, 0.15) is 35.2 Å². The minimum absolute atomic E-state index is 0.0154. The van der Waals surface area contributed by atoms with E-state index in [4.69, 9.17) is 16.3 Å². The van der Waals surface area contributed by atoms with Gasteiger partial charge >= 0.3 is 0 Å². The smallest absolute Gasteiger partial charge is 0.251 e. The maximum Gasteiger partial charge on any atom is 0.251 e. The van der Waals surface area contributed by atoms with Crippen molar-refractivity contribution >= 4 is 33.4 Å². The quantitative estimate of drug-likeness (QED) is 0.483. The van der Waals surface area contributed by atoms with E-state index in [-0.39, 0.29) is 47.0 Å². The van der Waals surface area contributed by atoms with Crippen molar-refractivity contribution in [3.8, 4) is 0 Å². The number of sulfonamides is 1. The van der Waals surface area contributed by atoms with Crippen molar-refractivity contribution in [2.75, 3.05) is 19.7 Å². The van der Waals surface area contributed by atoms with Crippen molar-refractivity contribution in [3.63, 3.8) is 0 Å². The van der Waals surface area contributed by atoms with E-state index in [0.717, 1.165) is 18.4 Å². The number of halogens is 1. The summed E-state index contributed by atoms with van der Waals surface area (Å²) in [6, 6.07) is 13.5. The summed E-state index contributed by atoms with van der Waals surface area (Å²) in [4.78, 5) is 24.2. The maximum atomic E-state index is 12.6. The Labute approximate surface area is 192 Å². The van der Waals surface area contributed by atoms with E-state index in [9.17, 15) is 18.0 Å². The first kappa shape index (κ1) is 24.2. The predicted octanol–water partition coefficient (Wildman–Crippen LogP) is 2.23. The molecule has 172 valence electrons. The Hall–Kier alpha value is -2.46. The minimum Gasteiger partial charge on any atom is -0.377 e. The van der Waals surface area contributed by atoms with Crippen molar-refractivity contribution in [2.45, 2.75) is 36.8 Å². The molecule has 1 aliphatic heterocycles. The van der Waals surface area contributed by atoms with Gasteiger partial charge in [-0.25, -0.2) is 13.1 Å². The third-order valence-electron chi connectivity index (χ3n) is 4.98. The molecule has 0 aliphatic carbocycles. The monoisotopic (exact) mass is 479 g/mol. The Morgan fingerprint density at radius 2 is 1.88 bits per heavy atom. The molecule has 8 nitrogen and oxygen atoms in total.